The van der Waals surface area contributed by atoms with E-state index in [0.717, 1.165) is 5.56 Å². The first-order valence-corrected chi connectivity index (χ1v) is 8.40. The molecule has 1 amide bonds. The van der Waals surface area contributed by atoms with Crippen LogP contribution in [-0.4, -0.2) is 19.0 Å². The highest BCUT2D eigenvalue weighted by Gasteiger charge is 2.20. The van der Waals surface area contributed by atoms with Crippen molar-refractivity contribution in [1.29, 1.82) is 0 Å². The maximum absolute atomic E-state index is 12.3. The molecule has 2 rings (SSSR count). The number of amides is 1. The lowest BCUT2D eigenvalue weighted by molar-refractivity contribution is -0.141. The van der Waals surface area contributed by atoms with Gasteiger partial charge in [0, 0.05) is 0 Å². The van der Waals surface area contributed by atoms with Crippen LogP contribution in [0.25, 0.3) is 0 Å². The van der Waals surface area contributed by atoms with Gasteiger partial charge in [0.05, 0.1) is 24.4 Å². The molecule has 0 saturated carbocycles. The van der Waals surface area contributed by atoms with E-state index < -0.39 is 6.04 Å². The largest absolute Gasteiger partial charge is 0.469 e. The van der Waals surface area contributed by atoms with Crippen molar-refractivity contribution >= 4 is 23.2 Å². The summed E-state index contributed by atoms with van der Waals surface area (Å²) in [6, 6.07) is 11.2. The zero-order chi connectivity index (χ0) is 16.8. The highest BCUT2D eigenvalue weighted by atomic mass is 32.1. The summed E-state index contributed by atoms with van der Waals surface area (Å²) >= 11 is 1.37. The van der Waals surface area contributed by atoms with Gasteiger partial charge >= 0.3 is 5.97 Å². The molecule has 0 bridgehead atoms. The highest BCUT2D eigenvalue weighted by molar-refractivity contribution is 7.12. The monoisotopic (exact) mass is 331 g/mol. The van der Waals surface area contributed by atoms with Crippen LogP contribution < -0.4 is 5.32 Å². The van der Waals surface area contributed by atoms with Crippen molar-refractivity contribution < 1.29 is 14.3 Å². The quantitative estimate of drug-likeness (QED) is 0.817. The van der Waals surface area contributed by atoms with Crippen LogP contribution >= 0.6 is 11.3 Å². The minimum atomic E-state index is -0.404. The molecule has 1 aromatic heterocycles. The second kappa shape index (κ2) is 7.92. The Hall–Kier alpha value is -2.14. The fourth-order valence-corrected chi connectivity index (χ4v) is 2.88. The van der Waals surface area contributed by atoms with Crippen molar-refractivity contribution in [2.75, 3.05) is 7.11 Å². The number of carbonyl (C=O) groups excluding carboxylic acids is 2. The molecule has 5 heteroatoms. The van der Waals surface area contributed by atoms with Crippen LogP contribution in [0.15, 0.2) is 41.8 Å². The summed E-state index contributed by atoms with van der Waals surface area (Å²) in [7, 11) is 1.35. The van der Waals surface area contributed by atoms with Crippen LogP contribution in [0.3, 0.4) is 0 Å². The SMILES string of the molecule is COC(=O)CC(NC(=O)c1cccs1)c1ccc(C(C)C)cc1. The van der Waals surface area contributed by atoms with E-state index in [4.69, 9.17) is 4.74 Å². The van der Waals surface area contributed by atoms with Gasteiger partial charge in [-0.3, -0.25) is 9.59 Å². The van der Waals surface area contributed by atoms with Crippen LogP contribution in [0.5, 0.6) is 0 Å². The Balaban J connectivity index is 2.19. The van der Waals surface area contributed by atoms with Gasteiger partial charge in [0.15, 0.2) is 0 Å². The van der Waals surface area contributed by atoms with Crippen molar-refractivity contribution in [3.63, 3.8) is 0 Å². The number of rotatable bonds is 6. The zero-order valence-corrected chi connectivity index (χ0v) is 14.4. The Morgan fingerprint density at radius 1 is 1.13 bits per heavy atom. The van der Waals surface area contributed by atoms with E-state index in [1.165, 1.54) is 24.0 Å². The predicted molar refractivity (Wildman–Crippen MR) is 91.7 cm³/mol. The maximum atomic E-state index is 12.3. The predicted octanol–water partition coefficient (Wildman–Crippen LogP) is 3.91. The average Bonchev–Trinajstić information content (AvgIpc) is 3.08. The van der Waals surface area contributed by atoms with Gasteiger partial charge in [-0.1, -0.05) is 44.2 Å². The Bertz CT molecular complexity index is 647. The summed E-state index contributed by atoms with van der Waals surface area (Å²) in [5.41, 5.74) is 2.11. The minimum Gasteiger partial charge on any atom is -0.469 e. The number of hydrogen-bond donors (Lipinski definition) is 1. The topological polar surface area (TPSA) is 55.4 Å². The maximum Gasteiger partial charge on any atom is 0.307 e. The molecule has 0 radical (unpaired) electrons. The normalized spacial score (nSPS) is 12.0. The number of hydrogen-bond acceptors (Lipinski definition) is 4. The summed E-state index contributed by atoms with van der Waals surface area (Å²) in [6.07, 6.45) is 0.106. The smallest absolute Gasteiger partial charge is 0.307 e. The van der Waals surface area contributed by atoms with Gasteiger partial charge in [-0.15, -0.1) is 11.3 Å². The molecule has 4 nitrogen and oxygen atoms in total. The van der Waals surface area contributed by atoms with Gasteiger partial charge < -0.3 is 10.1 Å². The molecule has 0 fully saturated rings. The summed E-state index contributed by atoms with van der Waals surface area (Å²) in [5.74, 6) is -0.0972. The first kappa shape index (κ1) is 17.2. The van der Waals surface area contributed by atoms with Gasteiger partial charge in [0.1, 0.15) is 0 Å². The number of ether oxygens (including phenoxy) is 1. The number of methoxy groups -OCH3 is 1. The van der Waals surface area contributed by atoms with E-state index in [1.807, 2.05) is 35.7 Å². The van der Waals surface area contributed by atoms with E-state index in [1.54, 1.807) is 6.07 Å². The molecular weight excluding hydrogens is 310 g/mol. The van der Waals surface area contributed by atoms with Gasteiger partial charge in [-0.2, -0.15) is 0 Å². The highest BCUT2D eigenvalue weighted by Crippen LogP contribution is 2.22. The Kier molecular flexibility index (Phi) is 5.93. The van der Waals surface area contributed by atoms with Gasteiger partial charge in [0.25, 0.3) is 5.91 Å². The van der Waals surface area contributed by atoms with Crippen LogP contribution in [0.2, 0.25) is 0 Å². The second-order valence-corrected chi connectivity index (χ2v) is 6.55. The number of benzene rings is 1. The molecule has 0 aliphatic heterocycles. The molecule has 0 aliphatic rings. The molecule has 0 aliphatic carbocycles. The third-order valence-corrected chi connectivity index (χ3v) is 4.52. The van der Waals surface area contributed by atoms with Crippen molar-refractivity contribution in [1.82, 2.24) is 5.32 Å². The van der Waals surface area contributed by atoms with Crippen LogP contribution in [-0.2, 0) is 9.53 Å². The lowest BCUT2D eigenvalue weighted by Gasteiger charge is -2.18. The molecule has 2 aromatic rings. The van der Waals surface area contributed by atoms with Crippen molar-refractivity contribution in [2.24, 2.45) is 0 Å². The van der Waals surface area contributed by atoms with E-state index in [-0.39, 0.29) is 18.3 Å². The fourth-order valence-electron chi connectivity index (χ4n) is 2.25. The average molecular weight is 331 g/mol. The number of thiophene rings is 1. The zero-order valence-electron chi connectivity index (χ0n) is 13.5. The van der Waals surface area contributed by atoms with E-state index >= 15 is 0 Å². The lowest BCUT2D eigenvalue weighted by Crippen LogP contribution is -2.30. The molecule has 23 heavy (non-hydrogen) atoms. The fraction of sp³-hybridized carbons (Fsp3) is 0.333. The Labute approximate surface area is 140 Å². The molecule has 0 saturated heterocycles. The summed E-state index contributed by atoms with van der Waals surface area (Å²) in [5, 5.41) is 4.77. The standard InChI is InChI=1S/C18H21NO3S/c1-12(2)13-6-8-14(9-7-13)15(11-17(20)22-3)19-18(21)16-5-4-10-23-16/h4-10,12,15H,11H2,1-3H3,(H,19,21). The molecule has 1 aromatic carbocycles. The molecule has 1 N–H and O–H groups in total. The van der Waals surface area contributed by atoms with Crippen LogP contribution in [0.1, 0.15) is 53.0 Å². The van der Waals surface area contributed by atoms with Crippen LogP contribution in [0, 0.1) is 0 Å². The summed E-state index contributed by atoms with van der Waals surface area (Å²) in [6.45, 7) is 4.25. The number of esters is 1. The van der Waals surface area contributed by atoms with Crippen molar-refractivity contribution in [3.05, 3.63) is 57.8 Å². The van der Waals surface area contributed by atoms with Gasteiger partial charge in [-0.05, 0) is 28.5 Å². The van der Waals surface area contributed by atoms with Gasteiger partial charge in [0.2, 0.25) is 0 Å². The second-order valence-electron chi connectivity index (χ2n) is 5.60. The summed E-state index contributed by atoms with van der Waals surface area (Å²) in [4.78, 5) is 24.6. The molecule has 1 unspecified atom stereocenters. The van der Waals surface area contributed by atoms with Crippen molar-refractivity contribution in [2.45, 2.75) is 32.2 Å². The van der Waals surface area contributed by atoms with E-state index in [9.17, 15) is 9.59 Å². The number of nitrogens with one attached hydrogen (secondary N) is 1. The molecule has 122 valence electrons. The molecular formula is C18H21NO3S. The number of carbonyl (C=O) groups is 2. The first-order chi connectivity index (χ1) is 11.0. The third kappa shape index (κ3) is 4.66. The lowest BCUT2D eigenvalue weighted by atomic mass is 9.97. The third-order valence-electron chi connectivity index (χ3n) is 3.65. The van der Waals surface area contributed by atoms with Crippen LogP contribution in [0.4, 0.5) is 0 Å². The molecule has 1 atom stereocenters. The Morgan fingerprint density at radius 2 is 1.78 bits per heavy atom. The molecule has 0 spiro atoms. The van der Waals surface area contributed by atoms with E-state index in [2.05, 4.69) is 19.2 Å². The Morgan fingerprint density at radius 3 is 2.30 bits per heavy atom. The summed E-state index contributed by atoms with van der Waals surface area (Å²) < 4.78 is 4.75. The van der Waals surface area contributed by atoms with Crippen molar-refractivity contribution in [3.8, 4) is 0 Å². The first-order valence-electron chi connectivity index (χ1n) is 7.52. The minimum absolute atomic E-state index is 0.106. The molecule has 1 heterocycles. The van der Waals surface area contributed by atoms with E-state index in [0.29, 0.717) is 10.8 Å². The van der Waals surface area contributed by atoms with Gasteiger partial charge in [-0.25, -0.2) is 0 Å².